The molecule has 0 bridgehead atoms. The van der Waals surface area contributed by atoms with Gasteiger partial charge in [0.15, 0.2) is 0 Å². The molecular formula is C13H16N2O. The Hall–Kier alpha value is -1.82. The van der Waals surface area contributed by atoms with Gasteiger partial charge in [-0.3, -0.25) is 4.79 Å². The first-order chi connectivity index (χ1) is 7.71. The Labute approximate surface area is 96.3 Å². The second kappa shape index (κ2) is 5.92. The summed E-state index contributed by atoms with van der Waals surface area (Å²) < 4.78 is 0. The van der Waals surface area contributed by atoms with Crippen molar-refractivity contribution in [3.63, 3.8) is 0 Å². The van der Waals surface area contributed by atoms with E-state index in [4.69, 9.17) is 6.57 Å². The molecule has 0 atom stereocenters. The quantitative estimate of drug-likeness (QED) is 0.771. The fourth-order valence-corrected chi connectivity index (χ4v) is 1.53. The molecule has 0 saturated carbocycles. The summed E-state index contributed by atoms with van der Waals surface area (Å²) in [4.78, 5) is 14.4. The fraction of sp³-hybridized carbons (Fsp3) is 0.385. The van der Waals surface area contributed by atoms with Crippen molar-refractivity contribution in [2.75, 3.05) is 11.9 Å². The summed E-state index contributed by atoms with van der Waals surface area (Å²) >= 11 is 0. The number of amides is 1. The Morgan fingerprint density at radius 1 is 1.38 bits per heavy atom. The molecule has 0 aliphatic carbocycles. The van der Waals surface area contributed by atoms with Crippen molar-refractivity contribution < 1.29 is 4.79 Å². The zero-order chi connectivity index (χ0) is 12.0. The van der Waals surface area contributed by atoms with Gasteiger partial charge in [0, 0.05) is 5.69 Å². The molecule has 0 spiro atoms. The lowest BCUT2D eigenvalue weighted by molar-refractivity contribution is -0.114. The van der Waals surface area contributed by atoms with Crippen molar-refractivity contribution in [3.8, 4) is 0 Å². The van der Waals surface area contributed by atoms with Gasteiger partial charge >= 0.3 is 5.91 Å². The fourth-order valence-electron chi connectivity index (χ4n) is 1.53. The van der Waals surface area contributed by atoms with E-state index in [0.29, 0.717) is 0 Å². The minimum absolute atomic E-state index is 0.112. The van der Waals surface area contributed by atoms with E-state index in [1.807, 2.05) is 19.1 Å². The Kier molecular flexibility index (Phi) is 4.53. The summed E-state index contributed by atoms with van der Waals surface area (Å²) in [5.74, 6) is -0.238. The molecule has 3 nitrogen and oxygen atoms in total. The van der Waals surface area contributed by atoms with Gasteiger partial charge in [-0.2, -0.15) is 0 Å². The van der Waals surface area contributed by atoms with Crippen LogP contribution in [0.3, 0.4) is 0 Å². The summed E-state index contributed by atoms with van der Waals surface area (Å²) in [6, 6.07) is 6.09. The van der Waals surface area contributed by atoms with E-state index < -0.39 is 0 Å². The first-order valence-electron chi connectivity index (χ1n) is 5.46. The smallest absolute Gasteiger partial charge is 0.304 e. The highest BCUT2D eigenvalue weighted by molar-refractivity contribution is 5.94. The standard InChI is InChI=1S/C13H16N2O/c1-4-10-6-7-11(5-2)12(8-10)15-13(16)9-14-3/h6-8H,4-5,9H2,1-2H3,(H,15,16). The molecule has 1 aromatic rings. The van der Waals surface area contributed by atoms with Crippen LogP contribution in [0.5, 0.6) is 0 Å². The number of nitrogens with one attached hydrogen (secondary N) is 1. The molecule has 1 N–H and O–H groups in total. The van der Waals surface area contributed by atoms with Crippen molar-refractivity contribution in [1.82, 2.24) is 0 Å². The molecule has 0 radical (unpaired) electrons. The van der Waals surface area contributed by atoms with E-state index in [2.05, 4.69) is 23.2 Å². The third kappa shape index (κ3) is 3.09. The third-order valence-corrected chi connectivity index (χ3v) is 2.46. The molecular weight excluding hydrogens is 200 g/mol. The molecule has 0 aliphatic rings. The van der Waals surface area contributed by atoms with Gasteiger partial charge in [0.05, 0.1) is 0 Å². The normalized spacial score (nSPS) is 9.56. The molecule has 0 saturated heterocycles. The molecule has 0 unspecified atom stereocenters. The Bertz CT molecular complexity index is 418. The number of hydrogen-bond acceptors (Lipinski definition) is 1. The minimum Gasteiger partial charge on any atom is -0.319 e. The first kappa shape index (κ1) is 12.3. The number of nitrogens with zero attached hydrogens (tertiary/aromatic N) is 1. The van der Waals surface area contributed by atoms with Gasteiger partial charge in [-0.15, -0.1) is 0 Å². The summed E-state index contributed by atoms with van der Waals surface area (Å²) in [5.41, 5.74) is 3.14. The second-order valence-electron chi connectivity index (χ2n) is 3.56. The SMILES string of the molecule is [C-]#[N+]CC(=O)Nc1cc(CC)ccc1CC. The van der Waals surface area contributed by atoms with Crippen LogP contribution in [0.4, 0.5) is 5.69 Å². The molecule has 84 valence electrons. The molecule has 1 aromatic carbocycles. The molecule has 0 heterocycles. The number of anilines is 1. The maximum absolute atomic E-state index is 11.4. The van der Waals surface area contributed by atoms with Gasteiger partial charge in [0.25, 0.3) is 6.54 Å². The first-order valence-corrected chi connectivity index (χ1v) is 5.46. The maximum Gasteiger partial charge on any atom is 0.304 e. The highest BCUT2D eigenvalue weighted by Gasteiger charge is 2.08. The van der Waals surface area contributed by atoms with Gasteiger partial charge in [-0.1, -0.05) is 26.0 Å². The Morgan fingerprint density at radius 3 is 2.69 bits per heavy atom. The van der Waals surface area contributed by atoms with E-state index in [-0.39, 0.29) is 12.5 Å². The van der Waals surface area contributed by atoms with Crippen LogP contribution in [0.1, 0.15) is 25.0 Å². The van der Waals surface area contributed by atoms with Crippen LogP contribution in [0, 0.1) is 6.57 Å². The van der Waals surface area contributed by atoms with Gasteiger partial charge in [0.1, 0.15) is 0 Å². The lowest BCUT2D eigenvalue weighted by Gasteiger charge is -2.09. The van der Waals surface area contributed by atoms with Gasteiger partial charge in [-0.05, 0) is 30.0 Å². The predicted molar refractivity (Wildman–Crippen MR) is 65.3 cm³/mol. The van der Waals surface area contributed by atoms with Crippen LogP contribution in [0.2, 0.25) is 0 Å². The predicted octanol–water partition coefficient (Wildman–Crippen LogP) is 2.67. The highest BCUT2D eigenvalue weighted by Crippen LogP contribution is 2.18. The molecule has 1 amide bonds. The summed E-state index contributed by atoms with van der Waals surface area (Å²) in [6.07, 6.45) is 1.81. The molecule has 16 heavy (non-hydrogen) atoms. The summed E-state index contributed by atoms with van der Waals surface area (Å²) in [6.45, 7) is 10.7. The second-order valence-corrected chi connectivity index (χ2v) is 3.56. The van der Waals surface area contributed by atoms with Crippen LogP contribution in [0.25, 0.3) is 4.85 Å². The molecule has 0 fully saturated rings. The number of carbonyl (C=O) groups is 1. The summed E-state index contributed by atoms with van der Waals surface area (Å²) in [5, 5.41) is 2.78. The molecule has 0 aliphatic heterocycles. The topological polar surface area (TPSA) is 33.5 Å². The average molecular weight is 216 g/mol. The van der Waals surface area contributed by atoms with Crippen LogP contribution in [-0.2, 0) is 17.6 Å². The lowest BCUT2D eigenvalue weighted by atomic mass is 10.1. The van der Waals surface area contributed by atoms with Gasteiger partial charge < -0.3 is 10.2 Å². The number of benzene rings is 1. The van der Waals surface area contributed by atoms with Crippen molar-refractivity contribution in [1.29, 1.82) is 0 Å². The van der Waals surface area contributed by atoms with E-state index in [9.17, 15) is 4.79 Å². The molecule has 3 heteroatoms. The molecule has 0 aromatic heterocycles. The maximum atomic E-state index is 11.4. The van der Waals surface area contributed by atoms with Crippen molar-refractivity contribution in [2.24, 2.45) is 0 Å². The number of aryl methyl sites for hydroxylation is 2. The zero-order valence-electron chi connectivity index (χ0n) is 9.71. The monoisotopic (exact) mass is 216 g/mol. The summed E-state index contributed by atoms with van der Waals surface area (Å²) in [7, 11) is 0. The minimum atomic E-state index is -0.238. The van der Waals surface area contributed by atoms with Crippen LogP contribution in [0.15, 0.2) is 18.2 Å². The van der Waals surface area contributed by atoms with Crippen LogP contribution < -0.4 is 5.32 Å². The van der Waals surface area contributed by atoms with Crippen LogP contribution in [-0.4, -0.2) is 12.5 Å². The highest BCUT2D eigenvalue weighted by atomic mass is 16.1. The van der Waals surface area contributed by atoms with Crippen molar-refractivity contribution in [3.05, 3.63) is 40.7 Å². The van der Waals surface area contributed by atoms with E-state index in [0.717, 1.165) is 24.1 Å². The van der Waals surface area contributed by atoms with Gasteiger partial charge in [-0.25, -0.2) is 6.57 Å². The zero-order valence-corrected chi connectivity index (χ0v) is 9.71. The van der Waals surface area contributed by atoms with Gasteiger partial charge in [0.2, 0.25) is 0 Å². The van der Waals surface area contributed by atoms with Crippen LogP contribution >= 0.6 is 0 Å². The van der Waals surface area contributed by atoms with E-state index in [1.54, 1.807) is 0 Å². The number of hydrogen-bond donors (Lipinski definition) is 1. The number of rotatable bonds is 4. The third-order valence-electron chi connectivity index (χ3n) is 2.46. The Morgan fingerprint density at radius 2 is 2.12 bits per heavy atom. The largest absolute Gasteiger partial charge is 0.319 e. The lowest BCUT2D eigenvalue weighted by Crippen LogP contribution is -2.15. The Balaban J connectivity index is 2.92. The molecule has 1 rings (SSSR count). The van der Waals surface area contributed by atoms with Crippen molar-refractivity contribution in [2.45, 2.75) is 26.7 Å². The van der Waals surface area contributed by atoms with E-state index in [1.165, 1.54) is 5.56 Å². The average Bonchev–Trinajstić information content (AvgIpc) is 2.29. The number of carbonyl (C=O) groups excluding carboxylic acids is 1. The van der Waals surface area contributed by atoms with E-state index >= 15 is 0 Å². The van der Waals surface area contributed by atoms with Crippen molar-refractivity contribution >= 4 is 11.6 Å².